The number of fused-ring (bicyclic) bond motifs is 5. The Morgan fingerprint density at radius 3 is 1.62 bits per heavy atom. The van der Waals surface area contributed by atoms with Gasteiger partial charge in [-0.2, -0.15) is 0 Å². The molecule has 0 radical (unpaired) electrons. The van der Waals surface area contributed by atoms with Gasteiger partial charge in [-0.15, -0.1) is 0 Å². The van der Waals surface area contributed by atoms with Gasteiger partial charge in [-0.1, -0.05) is 175 Å². The van der Waals surface area contributed by atoms with Crippen molar-refractivity contribution < 1.29 is 39.2 Å². The predicted octanol–water partition coefficient (Wildman–Crippen LogP) is 10.4. The quantitative estimate of drug-likeness (QED) is 0.0426. The number of aliphatic hydroxyl groups is 3. The zero-order valence-corrected chi connectivity index (χ0v) is 36.3. The second-order valence-corrected chi connectivity index (χ2v) is 18.9. The molecule has 2 saturated carbocycles. The van der Waals surface area contributed by atoms with Gasteiger partial charge in [-0.25, -0.2) is 0 Å². The fraction of sp³-hybridized carbons (Fsp3) is 0.854. The van der Waals surface area contributed by atoms with Crippen molar-refractivity contribution in [2.75, 3.05) is 6.61 Å². The van der Waals surface area contributed by atoms with Crippen LogP contribution in [0, 0.1) is 29.1 Å². The Morgan fingerprint density at radius 2 is 1.16 bits per heavy atom. The van der Waals surface area contributed by atoms with Crippen molar-refractivity contribution in [1.29, 1.82) is 0 Å². The van der Waals surface area contributed by atoms with Crippen molar-refractivity contribution in [3.05, 3.63) is 23.3 Å². The summed E-state index contributed by atoms with van der Waals surface area (Å²) < 4.78 is 13.0. The second-order valence-electron chi connectivity index (χ2n) is 18.9. The zero-order valence-electron chi connectivity index (χ0n) is 36.3. The van der Waals surface area contributed by atoms with Crippen LogP contribution >= 0.6 is 0 Å². The smallest absolute Gasteiger partial charge is 0.306 e. The van der Waals surface area contributed by atoms with E-state index in [9.17, 15) is 29.7 Å². The molecule has 0 bridgehead atoms. The third-order valence-electron chi connectivity index (χ3n) is 14.5. The molecule has 0 saturated heterocycles. The lowest BCUT2D eigenvalue weighted by Crippen LogP contribution is -2.66. The molecule has 0 heterocycles. The maximum Gasteiger partial charge on any atom is 0.306 e. The van der Waals surface area contributed by atoms with Gasteiger partial charge in [0.25, 0.3) is 0 Å². The molecule has 0 aliphatic heterocycles. The summed E-state index contributed by atoms with van der Waals surface area (Å²) >= 11 is 0. The molecule has 8 heteroatoms. The Hall–Kier alpha value is -2.03. The first-order valence-corrected chi connectivity index (χ1v) is 23.2. The molecule has 2 fully saturated rings. The monoisotopic (exact) mass is 785 g/mol. The molecule has 0 spiro atoms. The molecule has 0 aromatic heterocycles. The molecular formula is C48H80O8. The van der Waals surface area contributed by atoms with Gasteiger partial charge in [0.1, 0.15) is 11.7 Å². The van der Waals surface area contributed by atoms with Crippen LogP contribution in [-0.2, 0) is 23.9 Å². The molecule has 0 amide bonds. The van der Waals surface area contributed by atoms with E-state index in [2.05, 4.69) is 13.8 Å². The Balaban J connectivity index is 1.45. The van der Waals surface area contributed by atoms with E-state index in [0.29, 0.717) is 17.6 Å². The number of esters is 2. The lowest BCUT2D eigenvalue weighted by Gasteiger charge is -2.53. The Kier molecular flexibility index (Phi) is 17.7. The van der Waals surface area contributed by atoms with Crippen LogP contribution in [0.2, 0.25) is 0 Å². The van der Waals surface area contributed by atoms with Gasteiger partial charge in [-0.3, -0.25) is 14.4 Å². The molecule has 4 aliphatic carbocycles. The van der Waals surface area contributed by atoms with Crippen molar-refractivity contribution in [1.82, 2.24) is 0 Å². The fourth-order valence-corrected chi connectivity index (χ4v) is 11.1. The molecule has 0 aromatic carbocycles. The van der Waals surface area contributed by atoms with Crippen LogP contribution in [0.3, 0.4) is 0 Å². The first kappa shape index (κ1) is 46.7. The van der Waals surface area contributed by atoms with Crippen LogP contribution < -0.4 is 0 Å². The minimum absolute atomic E-state index is 0.103. The molecule has 320 valence electrons. The van der Waals surface area contributed by atoms with E-state index in [1.54, 1.807) is 19.9 Å². The van der Waals surface area contributed by atoms with E-state index < -0.39 is 57.8 Å². The fourth-order valence-electron chi connectivity index (χ4n) is 11.1. The number of ketones is 1. The predicted molar refractivity (Wildman–Crippen MR) is 223 cm³/mol. The highest BCUT2D eigenvalue weighted by Crippen LogP contribution is 2.77. The van der Waals surface area contributed by atoms with Crippen molar-refractivity contribution in [3.63, 3.8) is 0 Å². The van der Waals surface area contributed by atoms with Crippen molar-refractivity contribution in [3.8, 4) is 0 Å². The van der Waals surface area contributed by atoms with E-state index in [0.717, 1.165) is 38.5 Å². The molecule has 3 N–H and O–H groups in total. The normalized spacial score (nSPS) is 31.4. The number of carbonyl (C=O) groups excluding carboxylic acids is 3. The average molecular weight is 785 g/mol. The molecular weight excluding hydrogens is 705 g/mol. The van der Waals surface area contributed by atoms with E-state index in [1.165, 1.54) is 96.3 Å². The third kappa shape index (κ3) is 10.2. The summed E-state index contributed by atoms with van der Waals surface area (Å²) in [6, 6.07) is 0. The van der Waals surface area contributed by atoms with Crippen molar-refractivity contribution in [2.45, 2.75) is 225 Å². The summed E-state index contributed by atoms with van der Waals surface area (Å²) in [5, 5.41) is 35.6. The summed E-state index contributed by atoms with van der Waals surface area (Å²) in [5.41, 5.74) is -4.72. The topological polar surface area (TPSA) is 130 Å². The minimum atomic E-state index is -1.94. The van der Waals surface area contributed by atoms with Gasteiger partial charge < -0.3 is 24.8 Å². The Morgan fingerprint density at radius 1 is 0.714 bits per heavy atom. The van der Waals surface area contributed by atoms with Crippen LogP contribution in [0.15, 0.2) is 23.3 Å². The molecule has 8 unspecified atom stereocenters. The number of hydrogen-bond acceptors (Lipinski definition) is 8. The first-order chi connectivity index (χ1) is 26.8. The van der Waals surface area contributed by atoms with Crippen LogP contribution in [0.5, 0.6) is 0 Å². The van der Waals surface area contributed by atoms with Crippen molar-refractivity contribution in [2.24, 2.45) is 29.1 Å². The summed E-state index contributed by atoms with van der Waals surface area (Å²) in [6.07, 6.45) is 28.7. The first-order valence-electron chi connectivity index (χ1n) is 23.2. The van der Waals surface area contributed by atoms with E-state index in [4.69, 9.17) is 9.47 Å². The van der Waals surface area contributed by atoms with Gasteiger partial charge in [-0.05, 0) is 30.9 Å². The van der Waals surface area contributed by atoms with Gasteiger partial charge in [0, 0.05) is 48.3 Å². The molecule has 56 heavy (non-hydrogen) atoms. The molecule has 0 aromatic rings. The van der Waals surface area contributed by atoms with Gasteiger partial charge in [0.2, 0.25) is 0 Å². The summed E-state index contributed by atoms with van der Waals surface area (Å²) in [6.45, 7) is 11.6. The number of rotatable bonds is 27. The largest absolute Gasteiger partial charge is 0.458 e. The molecule has 8 nitrogen and oxygen atoms in total. The van der Waals surface area contributed by atoms with Crippen LogP contribution in [0.25, 0.3) is 0 Å². The third-order valence-corrected chi connectivity index (χ3v) is 14.5. The number of carbonyl (C=O) groups is 3. The number of Topliss-reactive ketones (excluding diaryl/α,β-unsaturated/α-hetero) is 1. The summed E-state index contributed by atoms with van der Waals surface area (Å²) in [4.78, 5) is 41.0. The van der Waals surface area contributed by atoms with Crippen LogP contribution in [-0.4, -0.2) is 62.6 Å². The van der Waals surface area contributed by atoms with Crippen molar-refractivity contribution >= 4 is 17.7 Å². The van der Waals surface area contributed by atoms with Crippen LogP contribution in [0.1, 0.15) is 202 Å². The highest BCUT2D eigenvalue weighted by Gasteiger charge is 2.88. The van der Waals surface area contributed by atoms with E-state index in [-0.39, 0.29) is 37.8 Å². The summed E-state index contributed by atoms with van der Waals surface area (Å²) in [5.74, 6) is -4.10. The van der Waals surface area contributed by atoms with E-state index in [1.807, 2.05) is 19.9 Å². The number of ether oxygens (including phenoxy) is 2. The standard InChI is InChI=1S/C48H80O8/c1-7-9-11-13-15-17-19-21-23-25-27-29-40(50)55-44-36(4)47(54)38(32-37(34-49)33-46(53)39(47)31-35(3)43(46)52)42-45(5,6)48(42,44)56-41(51)30-28-26-24-22-20-18-16-14-12-10-8-2/h31-32,36,38-39,42,44,49,53-54H,7-30,33-34H2,1-6H3. The van der Waals surface area contributed by atoms with Gasteiger partial charge >= 0.3 is 11.9 Å². The van der Waals surface area contributed by atoms with Gasteiger partial charge in [0.15, 0.2) is 11.4 Å². The van der Waals surface area contributed by atoms with E-state index >= 15 is 0 Å². The lowest BCUT2D eigenvalue weighted by atomic mass is 9.59. The SMILES string of the molecule is CCCCCCCCCCCCCC(=O)OC1C(C)C2(O)C(C=C(CO)CC3(O)C(=O)C(C)=CC32)C2C(C)(C)C12OC(=O)CCCCCCCCCCCCC. The highest BCUT2D eigenvalue weighted by molar-refractivity contribution is 6.04. The molecule has 4 aliphatic rings. The number of unbranched alkanes of at least 4 members (excludes halogenated alkanes) is 20. The molecule has 8 atom stereocenters. The average Bonchev–Trinajstić information content (AvgIpc) is 3.59. The van der Waals surface area contributed by atoms with Crippen LogP contribution in [0.4, 0.5) is 0 Å². The summed E-state index contributed by atoms with van der Waals surface area (Å²) in [7, 11) is 0. The maximum atomic E-state index is 13.8. The highest BCUT2D eigenvalue weighted by atomic mass is 16.6. The lowest BCUT2D eigenvalue weighted by molar-refractivity contribution is -0.229. The Bertz CT molecular complexity index is 1350. The number of aliphatic hydroxyl groups excluding tert-OH is 1. The second kappa shape index (κ2) is 21.3. The minimum Gasteiger partial charge on any atom is -0.458 e. The maximum absolute atomic E-state index is 13.8. The van der Waals surface area contributed by atoms with Gasteiger partial charge in [0.05, 0.1) is 12.2 Å². The number of hydrogen-bond donors (Lipinski definition) is 3. The zero-order chi connectivity index (χ0) is 41.0. The molecule has 4 rings (SSSR count). The Labute approximate surface area is 340 Å².